The third-order valence-electron chi connectivity index (χ3n) is 2.81. The topological polar surface area (TPSA) is 61.7 Å². The summed E-state index contributed by atoms with van der Waals surface area (Å²) in [6.07, 6.45) is 0.413. The zero-order valence-corrected chi connectivity index (χ0v) is 10.4. The van der Waals surface area contributed by atoms with Gasteiger partial charge in [0.05, 0.1) is 10.7 Å². The van der Waals surface area contributed by atoms with E-state index in [1.54, 1.807) is 13.0 Å². The monoisotopic (exact) mass is 252 g/mol. The molecule has 17 heavy (non-hydrogen) atoms. The average molecular weight is 253 g/mol. The molecule has 1 aliphatic rings. The predicted molar refractivity (Wildman–Crippen MR) is 66.3 cm³/mol. The molecule has 0 fully saturated rings. The maximum atomic E-state index is 11.2. The number of hydrogen-bond acceptors (Lipinski definition) is 3. The number of amides is 1. The minimum atomic E-state index is -0.0807. The fourth-order valence-corrected chi connectivity index (χ4v) is 2.15. The quantitative estimate of drug-likeness (QED) is 0.805. The maximum absolute atomic E-state index is 11.2. The van der Waals surface area contributed by atoms with Gasteiger partial charge in [-0.15, -0.1) is 0 Å². The van der Waals surface area contributed by atoms with Crippen LogP contribution in [-0.4, -0.2) is 16.7 Å². The van der Waals surface area contributed by atoms with Crippen molar-refractivity contribution in [1.82, 2.24) is 5.43 Å². The lowest BCUT2D eigenvalue weighted by Crippen LogP contribution is -2.32. The first-order valence-electron chi connectivity index (χ1n) is 5.35. The van der Waals surface area contributed by atoms with Gasteiger partial charge >= 0.3 is 0 Å². The number of phenolic OH excluding ortho intramolecular Hbond substituents is 1. The van der Waals surface area contributed by atoms with Gasteiger partial charge in [0, 0.05) is 17.9 Å². The smallest absolute Gasteiger partial charge is 0.240 e. The Morgan fingerprint density at radius 1 is 1.53 bits per heavy atom. The number of phenols is 1. The summed E-state index contributed by atoms with van der Waals surface area (Å²) in [6.45, 7) is 3.71. The molecule has 1 aromatic rings. The number of aromatic hydroxyl groups is 1. The van der Waals surface area contributed by atoms with Crippen LogP contribution in [0, 0.1) is 12.8 Å². The van der Waals surface area contributed by atoms with E-state index in [1.807, 2.05) is 13.0 Å². The summed E-state index contributed by atoms with van der Waals surface area (Å²) in [5.74, 6) is 0.0510. The van der Waals surface area contributed by atoms with Crippen molar-refractivity contribution in [2.45, 2.75) is 20.3 Å². The Morgan fingerprint density at radius 3 is 2.82 bits per heavy atom. The molecule has 0 spiro atoms. The number of nitrogens with zero attached hydrogens (tertiary/aromatic N) is 1. The van der Waals surface area contributed by atoms with Crippen LogP contribution in [0.1, 0.15) is 24.5 Å². The van der Waals surface area contributed by atoms with Crippen molar-refractivity contribution in [3.05, 3.63) is 28.3 Å². The van der Waals surface area contributed by atoms with Crippen molar-refractivity contribution in [2.24, 2.45) is 11.0 Å². The van der Waals surface area contributed by atoms with Crippen molar-refractivity contribution in [3.8, 4) is 5.75 Å². The Labute approximate surface area is 104 Å². The molecule has 1 unspecified atom stereocenters. The largest absolute Gasteiger partial charge is 0.506 e. The van der Waals surface area contributed by atoms with E-state index in [0.717, 1.165) is 11.3 Å². The van der Waals surface area contributed by atoms with Gasteiger partial charge in [0.2, 0.25) is 5.91 Å². The Balaban J connectivity index is 2.44. The molecule has 0 saturated carbocycles. The molecule has 1 atom stereocenters. The molecule has 4 nitrogen and oxygen atoms in total. The summed E-state index contributed by atoms with van der Waals surface area (Å²) in [4.78, 5) is 11.2. The van der Waals surface area contributed by atoms with Crippen LogP contribution in [0.2, 0.25) is 5.02 Å². The van der Waals surface area contributed by atoms with Gasteiger partial charge in [0.15, 0.2) is 0 Å². The zero-order valence-electron chi connectivity index (χ0n) is 9.62. The van der Waals surface area contributed by atoms with Crippen LogP contribution >= 0.6 is 11.6 Å². The lowest BCUT2D eigenvalue weighted by Gasteiger charge is -2.19. The minimum absolute atomic E-state index is 0.0451. The number of aryl methyl sites for hydroxylation is 1. The van der Waals surface area contributed by atoms with E-state index in [9.17, 15) is 9.90 Å². The van der Waals surface area contributed by atoms with Crippen molar-refractivity contribution in [2.75, 3.05) is 0 Å². The van der Waals surface area contributed by atoms with E-state index in [2.05, 4.69) is 10.5 Å². The van der Waals surface area contributed by atoms with Gasteiger partial charge in [-0.05, 0) is 24.6 Å². The molecule has 5 heteroatoms. The Bertz CT molecular complexity index is 488. The SMILES string of the molecule is Cc1cc(C2=NNC(=O)CC2C)cc(Cl)c1O. The number of hydrazone groups is 1. The predicted octanol–water partition coefficient (Wildman–Crippen LogP) is 2.21. The van der Waals surface area contributed by atoms with Gasteiger partial charge in [-0.25, -0.2) is 5.43 Å². The first-order valence-corrected chi connectivity index (χ1v) is 5.72. The Hall–Kier alpha value is -1.55. The molecule has 2 rings (SSSR count). The highest BCUT2D eigenvalue weighted by molar-refractivity contribution is 6.32. The highest BCUT2D eigenvalue weighted by Gasteiger charge is 2.22. The second kappa shape index (κ2) is 4.37. The Kier molecular flexibility index (Phi) is 3.07. The number of benzene rings is 1. The second-order valence-corrected chi connectivity index (χ2v) is 4.67. The van der Waals surface area contributed by atoms with Crippen LogP contribution in [0.3, 0.4) is 0 Å². The third-order valence-corrected chi connectivity index (χ3v) is 3.10. The van der Waals surface area contributed by atoms with Crippen LogP contribution in [0.5, 0.6) is 5.75 Å². The molecule has 0 bridgehead atoms. The third kappa shape index (κ3) is 2.26. The van der Waals surface area contributed by atoms with Crippen molar-refractivity contribution >= 4 is 23.2 Å². The highest BCUT2D eigenvalue weighted by Crippen LogP contribution is 2.30. The highest BCUT2D eigenvalue weighted by atomic mass is 35.5. The summed E-state index contributed by atoms with van der Waals surface area (Å²) in [7, 11) is 0. The molecule has 90 valence electrons. The van der Waals surface area contributed by atoms with Gasteiger partial charge in [0.25, 0.3) is 0 Å². The average Bonchev–Trinajstić information content (AvgIpc) is 2.25. The van der Waals surface area contributed by atoms with E-state index < -0.39 is 0 Å². The van der Waals surface area contributed by atoms with Crippen LogP contribution < -0.4 is 5.43 Å². The van der Waals surface area contributed by atoms with Gasteiger partial charge in [-0.1, -0.05) is 18.5 Å². The molecule has 0 radical (unpaired) electrons. The number of rotatable bonds is 1. The van der Waals surface area contributed by atoms with Gasteiger partial charge in [0.1, 0.15) is 5.75 Å². The molecular weight excluding hydrogens is 240 g/mol. The molecule has 0 saturated heterocycles. The van der Waals surface area contributed by atoms with Crippen LogP contribution in [-0.2, 0) is 4.79 Å². The van der Waals surface area contributed by atoms with E-state index >= 15 is 0 Å². The molecular formula is C12H13ClN2O2. The molecule has 2 N–H and O–H groups in total. The first kappa shape index (κ1) is 11.9. The summed E-state index contributed by atoms with van der Waals surface area (Å²) in [5, 5.41) is 13.9. The van der Waals surface area contributed by atoms with E-state index in [-0.39, 0.29) is 17.6 Å². The van der Waals surface area contributed by atoms with Crippen LogP contribution in [0.25, 0.3) is 0 Å². The normalized spacial score (nSPS) is 19.8. The molecule has 1 amide bonds. The standard InChI is InChI=1S/C12H13ClN2O2/c1-6-4-10(16)14-15-11(6)8-3-7(2)12(17)9(13)5-8/h3,5-6,17H,4H2,1-2H3,(H,14,16). The van der Waals surface area contributed by atoms with Crippen molar-refractivity contribution in [1.29, 1.82) is 0 Å². The second-order valence-electron chi connectivity index (χ2n) is 4.26. The summed E-state index contributed by atoms with van der Waals surface area (Å²) in [5.41, 5.74) is 4.77. The molecule has 0 aromatic heterocycles. The maximum Gasteiger partial charge on any atom is 0.240 e. The van der Waals surface area contributed by atoms with Gasteiger partial charge in [-0.3, -0.25) is 4.79 Å². The van der Waals surface area contributed by atoms with Crippen molar-refractivity contribution < 1.29 is 9.90 Å². The number of carbonyl (C=O) groups is 1. The Morgan fingerprint density at radius 2 is 2.24 bits per heavy atom. The minimum Gasteiger partial charge on any atom is -0.506 e. The lowest BCUT2D eigenvalue weighted by molar-refractivity contribution is -0.121. The fourth-order valence-electron chi connectivity index (χ4n) is 1.89. The number of carbonyl (C=O) groups excluding carboxylic acids is 1. The fraction of sp³-hybridized carbons (Fsp3) is 0.333. The molecule has 1 heterocycles. The summed E-state index contributed by atoms with van der Waals surface area (Å²) in [6, 6.07) is 3.48. The number of hydrogen-bond donors (Lipinski definition) is 2. The van der Waals surface area contributed by atoms with Gasteiger partial charge < -0.3 is 5.11 Å². The van der Waals surface area contributed by atoms with E-state index in [4.69, 9.17) is 11.6 Å². The zero-order chi connectivity index (χ0) is 12.6. The summed E-state index contributed by atoms with van der Waals surface area (Å²) >= 11 is 5.92. The molecule has 1 aliphatic heterocycles. The number of nitrogens with one attached hydrogen (secondary N) is 1. The lowest BCUT2D eigenvalue weighted by atomic mass is 9.93. The molecule has 1 aromatic carbocycles. The summed E-state index contributed by atoms with van der Waals surface area (Å²) < 4.78 is 0. The first-order chi connectivity index (χ1) is 7.99. The van der Waals surface area contributed by atoms with Crippen LogP contribution in [0.4, 0.5) is 0 Å². The molecule has 0 aliphatic carbocycles. The van der Waals surface area contributed by atoms with E-state index in [1.165, 1.54) is 0 Å². The van der Waals surface area contributed by atoms with Gasteiger partial charge in [-0.2, -0.15) is 5.10 Å². The number of halogens is 1. The van der Waals surface area contributed by atoms with Crippen molar-refractivity contribution in [3.63, 3.8) is 0 Å². The van der Waals surface area contributed by atoms with Crippen LogP contribution in [0.15, 0.2) is 17.2 Å². The van der Waals surface area contributed by atoms with E-state index in [0.29, 0.717) is 17.0 Å².